The van der Waals surface area contributed by atoms with E-state index in [-0.39, 0.29) is 19.6 Å². The molecule has 8 heteroatoms. The van der Waals surface area contributed by atoms with Crippen molar-refractivity contribution in [2.45, 2.75) is 43.8 Å². The van der Waals surface area contributed by atoms with Gasteiger partial charge in [-0.05, 0) is 25.7 Å². The predicted octanol–water partition coefficient (Wildman–Crippen LogP) is 1.95. The summed E-state index contributed by atoms with van der Waals surface area (Å²) in [5, 5.41) is 8.73. The van der Waals surface area contributed by atoms with Crippen LogP contribution in [0.5, 0.6) is 0 Å². The van der Waals surface area contributed by atoms with E-state index in [2.05, 4.69) is 0 Å². The van der Waals surface area contributed by atoms with E-state index in [9.17, 15) is 26.7 Å². The van der Waals surface area contributed by atoms with Gasteiger partial charge in [0.1, 0.15) is 0 Å². The molecular weight excluding hydrogens is 261 g/mol. The van der Waals surface area contributed by atoms with Crippen LogP contribution < -0.4 is 0 Å². The number of aliphatic hydroxyl groups excluding tert-OH is 1. The van der Waals surface area contributed by atoms with Crippen LogP contribution in [0.1, 0.15) is 25.7 Å². The van der Waals surface area contributed by atoms with Crippen LogP contribution in [0.3, 0.4) is 0 Å². The summed E-state index contributed by atoms with van der Waals surface area (Å²) in [6.45, 7) is -0.485. The number of rotatable bonds is 3. The lowest BCUT2D eigenvalue weighted by Crippen LogP contribution is -2.56. The monoisotopic (exact) mass is 275 g/mol. The average molecular weight is 275 g/mol. The molecule has 1 rings (SSSR count). The fourth-order valence-corrected chi connectivity index (χ4v) is 2.02. The van der Waals surface area contributed by atoms with Crippen LogP contribution in [0, 0.1) is 0 Å². The van der Waals surface area contributed by atoms with Gasteiger partial charge in [0.05, 0.1) is 0 Å². The number of aliphatic hydroxyl groups is 1. The van der Waals surface area contributed by atoms with Gasteiger partial charge in [-0.1, -0.05) is 0 Å². The highest BCUT2D eigenvalue weighted by Crippen LogP contribution is 2.38. The van der Waals surface area contributed by atoms with E-state index in [0.29, 0.717) is 24.2 Å². The summed E-state index contributed by atoms with van der Waals surface area (Å²) >= 11 is 0. The first-order valence-electron chi connectivity index (χ1n) is 5.58. The molecule has 1 unspecified atom stereocenters. The van der Waals surface area contributed by atoms with Crippen molar-refractivity contribution in [2.24, 2.45) is 0 Å². The Hall–Kier alpha value is -0.920. The molecule has 106 valence electrons. The summed E-state index contributed by atoms with van der Waals surface area (Å²) in [5.74, 6) is -7.58. The van der Waals surface area contributed by atoms with Gasteiger partial charge in [0.15, 0.2) is 0 Å². The number of hydrogen-bond acceptors (Lipinski definition) is 2. The van der Waals surface area contributed by atoms with Crippen molar-refractivity contribution < 1.29 is 31.9 Å². The Labute approximate surface area is 101 Å². The van der Waals surface area contributed by atoms with Crippen molar-refractivity contribution in [3.8, 4) is 0 Å². The van der Waals surface area contributed by atoms with Crippen LogP contribution in [0.4, 0.5) is 22.0 Å². The van der Waals surface area contributed by atoms with Gasteiger partial charge in [0.25, 0.3) is 0 Å². The van der Waals surface area contributed by atoms with Gasteiger partial charge in [0.2, 0.25) is 0 Å². The molecule has 0 aromatic heterocycles. The molecule has 18 heavy (non-hydrogen) atoms. The number of piperidine rings is 1. The molecule has 0 aliphatic carbocycles. The molecular formula is C10H14F5NO2. The first kappa shape index (κ1) is 15.1. The molecule has 3 nitrogen and oxygen atoms in total. The number of nitrogens with zero attached hydrogens (tertiary/aromatic N) is 1. The van der Waals surface area contributed by atoms with Gasteiger partial charge in [-0.25, -0.2) is 0 Å². The summed E-state index contributed by atoms with van der Waals surface area (Å²) in [7, 11) is 0. The minimum Gasteiger partial charge on any atom is -0.396 e. The zero-order chi connectivity index (χ0) is 14.0. The SMILES string of the molecule is O=C(N1CCCCC1CCO)C(F)(F)C(F)(F)F. The van der Waals surface area contributed by atoms with Crippen LogP contribution in [0.25, 0.3) is 0 Å². The maximum Gasteiger partial charge on any atom is 0.463 e. The van der Waals surface area contributed by atoms with Gasteiger partial charge < -0.3 is 10.0 Å². The number of amides is 1. The number of alkyl halides is 5. The lowest BCUT2D eigenvalue weighted by Gasteiger charge is -2.37. The summed E-state index contributed by atoms with van der Waals surface area (Å²) in [6.07, 6.45) is -4.50. The van der Waals surface area contributed by atoms with Crippen molar-refractivity contribution in [2.75, 3.05) is 13.2 Å². The van der Waals surface area contributed by atoms with Crippen molar-refractivity contribution in [1.82, 2.24) is 4.90 Å². The van der Waals surface area contributed by atoms with Crippen molar-refractivity contribution in [3.05, 3.63) is 0 Å². The quantitative estimate of drug-likeness (QED) is 0.800. The molecule has 1 amide bonds. The van der Waals surface area contributed by atoms with E-state index in [1.54, 1.807) is 0 Å². The van der Waals surface area contributed by atoms with Crippen LogP contribution in [0.15, 0.2) is 0 Å². The highest BCUT2D eigenvalue weighted by molar-refractivity contribution is 5.84. The van der Waals surface area contributed by atoms with Crippen LogP contribution >= 0.6 is 0 Å². The van der Waals surface area contributed by atoms with E-state index in [0.717, 1.165) is 0 Å². The van der Waals surface area contributed by atoms with Crippen molar-refractivity contribution >= 4 is 5.91 Å². The molecule has 1 N–H and O–H groups in total. The lowest BCUT2D eigenvalue weighted by atomic mass is 9.98. The molecule has 1 atom stereocenters. The summed E-state index contributed by atoms with van der Waals surface area (Å²) < 4.78 is 62.2. The fourth-order valence-electron chi connectivity index (χ4n) is 2.02. The second-order valence-corrected chi connectivity index (χ2v) is 4.23. The van der Waals surface area contributed by atoms with E-state index in [1.807, 2.05) is 0 Å². The minimum absolute atomic E-state index is 0.0136. The molecule has 1 heterocycles. The Morgan fingerprint density at radius 2 is 1.83 bits per heavy atom. The number of halogens is 5. The third-order valence-corrected chi connectivity index (χ3v) is 2.97. The molecule has 0 bridgehead atoms. The zero-order valence-electron chi connectivity index (χ0n) is 9.51. The topological polar surface area (TPSA) is 40.5 Å². The van der Waals surface area contributed by atoms with E-state index in [1.165, 1.54) is 0 Å². The average Bonchev–Trinajstić information content (AvgIpc) is 2.28. The van der Waals surface area contributed by atoms with Crippen molar-refractivity contribution in [3.63, 3.8) is 0 Å². The molecule has 0 aromatic rings. The maximum atomic E-state index is 12.9. The van der Waals surface area contributed by atoms with Gasteiger partial charge in [0, 0.05) is 19.2 Å². The minimum atomic E-state index is -5.88. The molecule has 0 saturated carbocycles. The number of likely N-dealkylation sites (tertiary alicyclic amines) is 1. The van der Waals surface area contributed by atoms with Gasteiger partial charge in [-0.2, -0.15) is 22.0 Å². The first-order chi connectivity index (χ1) is 8.21. The molecule has 0 radical (unpaired) electrons. The van der Waals surface area contributed by atoms with E-state index >= 15 is 0 Å². The highest BCUT2D eigenvalue weighted by atomic mass is 19.4. The molecule has 1 saturated heterocycles. The molecule has 1 aliphatic heterocycles. The largest absolute Gasteiger partial charge is 0.463 e. The smallest absolute Gasteiger partial charge is 0.396 e. The van der Waals surface area contributed by atoms with Gasteiger partial charge in [-0.15, -0.1) is 0 Å². The normalized spacial score (nSPS) is 22.1. The predicted molar refractivity (Wildman–Crippen MR) is 52.1 cm³/mol. The Bertz CT molecular complexity index is 303. The summed E-state index contributed by atoms with van der Waals surface area (Å²) in [5.41, 5.74) is 0. The third kappa shape index (κ3) is 2.90. The zero-order valence-corrected chi connectivity index (χ0v) is 9.51. The van der Waals surface area contributed by atoms with E-state index in [4.69, 9.17) is 5.11 Å². The number of carbonyl (C=O) groups is 1. The molecule has 0 aromatic carbocycles. The van der Waals surface area contributed by atoms with Gasteiger partial charge >= 0.3 is 18.0 Å². The van der Waals surface area contributed by atoms with Gasteiger partial charge in [-0.3, -0.25) is 4.79 Å². The highest BCUT2D eigenvalue weighted by Gasteiger charge is 2.65. The summed E-state index contributed by atoms with van der Waals surface area (Å²) in [6, 6.07) is -0.746. The number of hydrogen-bond donors (Lipinski definition) is 1. The second-order valence-electron chi connectivity index (χ2n) is 4.23. The Morgan fingerprint density at radius 1 is 1.22 bits per heavy atom. The third-order valence-electron chi connectivity index (χ3n) is 2.97. The Balaban J connectivity index is 2.86. The maximum absolute atomic E-state index is 12.9. The van der Waals surface area contributed by atoms with Crippen LogP contribution in [0.2, 0.25) is 0 Å². The van der Waals surface area contributed by atoms with Crippen LogP contribution in [-0.2, 0) is 4.79 Å². The second kappa shape index (κ2) is 5.38. The Kier molecular flexibility index (Phi) is 4.52. The number of carbonyl (C=O) groups excluding carboxylic acids is 1. The molecule has 1 aliphatic rings. The lowest BCUT2D eigenvalue weighted by molar-refractivity contribution is -0.275. The molecule has 1 fully saturated rings. The van der Waals surface area contributed by atoms with Crippen LogP contribution in [-0.4, -0.2) is 47.2 Å². The standard InChI is InChI=1S/C10H14F5NO2/c11-9(12,10(13,14)15)8(18)16-5-2-1-3-7(16)4-6-17/h7,17H,1-6H2. The Morgan fingerprint density at radius 3 is 2.33 bits per heavy atom. The first-order valence-corrected chi connectivity index (χ1v) is 5.58. The van der Waals surface area contributed by atoms with Crippen molar-refractivity contribution in [1.29, 1.82) is 0 Å². The summed E-state index contributed by atoms with van der Waals surface area (Å²) in [4.78, 5) is 11.9. The fraction of sp³-hybridized carbons (Fsp3) is 0.900. The molecule has 0 spiro atoms. The van der Waals surface area contributed by atoms with E-state index < -0.39 is 24.0 Å².